The standard InChI is InChI=1S/C31H34N2OSi/c1-31(2)14-12-20(13-15-31)21-10-11-25-26(17-21)34-30-28(32-19-33-29(25)30)23-16-22-8-6-7-9-24(22)27(18-23)35(3,4)5/h6-11,16-20H,12-15H2,1-5H3/i3D3,4D3,5D3. The first kappa shape index (κ1) is 14.5. The van der Waals surface area contributed by atoms with E-state index in [1.807, 2.05) is 6.07 Å². The van der Waals surface area contributed by atoms with E-state index in [1.165, 1.54) is 18.0 Å². The highest BCUT2D eigenvalue weighted by atomic mass is 28.3. The van der Waals surface area contributed by atoms with Crippen molar-refractivity contribution >= 4 is 46.1 Å². The number of nitrogens with zero attached hydrogens (tertiary/aromatic N) is 2. The summed E-state index contributed by atoms with van der Waals surface area (Å²) in [7, 11) is -5.32. The normalized spacial score (nSPS) is 21.8. The van der Waals surface area contributed by atoms with Crippen molar-refractivity contribution in [3.63, 3.8) is 0 Å². The third kappa shape index (κ3) is 3.98. The average molecular weight is 488 g/mol. The molecule has 4 heteroatoms. The van der Waals surface area contributed by atoms with Crippen LogP contribution in [-0.2, 0) is 0 Å². The Labute approximate surface area is 221 Å². The number of aromatic nitrogens is 2. The topological polar surface area (TPSA) is 38.9 Å². The molecule has 0 N–H and O–H groups in total. The van der Waals surface area contributed by atoms with Crippen LogP contribution in [-0.4, -0.2) is 18.0 Å². The summed E-state index contributed by atoms with van der Waals surface area (Å²) >= 11 is 0. The lowest BCUT2D eigenvalue weighted by atomic mass is 9.71. The van der Waals surface area contributed by atoms with Gasteiger partial charge in [-0.3, -0.25) is 0 Å². The minimum atomic E-state index is -5.32. The summed E-state index contributed by atoms with van der Waals surface area (Å²) in [5.74, 6) is 0.437. The molecule has 1 aliphatic carbocycles. The molecule has 2 heterocycles. The van der Waals surface area contributed by atoms with Gasteiger partial charge in [-0.15, -0.1) is 0 Å². The van der Waals surface area contributed by atoms with Gasteiger partial charge in [0.2, 0.25) is 0 Å². The van der Waals surface area contributed by atoms with Gasteiger partial charge in [0.05, 0.1) is 8.07 Å². The van der Waals surface area contributed by atoms with Gasteiger partial charge in [-0.2, -0.15) is 0 Å². The number of fused-ring (bicyclic) bond motifs is 4. The zero-order valence-corrected chi connectivity index (χ0v) is 21.0. The van der Waals surface area contributed by atoms with E-state index < -0.39 is 27.5 Å². The SMILES string of the molecule is [2H]C([2H])([2H])[Si](c1cc(-c2ncnc3c2oc2cc(C4CCC(C)(C)CC4)ccc23)cc2ccccc12)(C([2H])([2H])[2H])C([2H])([2H])[2H]. The van der Waals surface area contributed by atoms with Crippen molar-refractivity contribution in [2.75, 3.05) is 0 Å². The van der Waals surface area contributed by atoms with Gasteiger partial charge in [-0.05, 0) is 71.6 Å². The molecule has 1 fully saturated rings. The molecule has 3 aromatic carbocycles. The van der Waals surface area contributed by atoms with E-state index >= 15 is 0 Å². The number of rotatable bonds is 3. The molecule has 3 nitrogen and oxygen atoms in total. The van der Waals surface area contributed by atoms with E-state index in [4.69, 9.17) is 16.8 Å². The van der Waals surface area contributed by atoms with Crippen LogP contribution in [0.15, 0.2) is 65.3 Å². The number of hydrogen-bond donors (Lipinski definition) is 0. The number of benzene rings is 3. The second kappa shape index (κ2) is 8.02. The van der Waals surface area contributed by atoms with Crippen LogP contribution in [0, 0.1) is 5.41 Å². The highest BCUT2D eigenvalue weighted by Gasteiger charge is 2.28. The summed E-state index contributed by atoms with van der Waals surface area (Å²) in [6.45, 7) is -5.18. The Morgan fingerprint density at radius 1 is 0.943 bits per heavy atom. The molecule has 178 valence electrons. The van der Waals surface area contributed by atoms with Crippen LogP contribution < -0.4 is 5.19 Å². The van der Waals surface area contributed by atoms with Crippen molar-refractivity contribution in [1.29, 1.82) is 0 Å². The molecule has 1 saturated carbocycles. The molecule has 6 rings (SSSR count). The van der Waals surface area contributed by atoms with Crippen LogP contribution in [0.4, 0.5) is 0 Å². The molecular formula is C31H34N2OSi. The van der Waals surface area contributed by atoms with Gasteiger partial charge in [0.25, 0.3) is 0 Å². The Bertz CT molecular complexity index is 1840. The lowest BCUT2D eigenvalue weighted by molar-refractivity contribution is 0.224. The fourth-order valence-corrected chi connectivity index (χ4v) is 6.54. The molecule has 0 amide bonds. The van der Waals surface area contributed by atoms with Gasteiger partial charge >= 0.3 is 0 Å². The van der Waals surface area contributed by atoms with Crippen LogP contribution in [0.1, 0.15) is 63.3 Å². The highest BCUT2D eigenvalue weighted by molar-refractivity contribution is 6.90. The molecule has 0 saturated heterocycles. The average Bonchev–Trinajstić information content (AvgIpc) is 3.29. The van der Waals surface area contributed by atoms with Crippen LogP contribution in [0.5, 0.6) is 0 Å². The van der Waals surface area contributed by atoms with Gasteiger partial charge in [-0.1, -0.05) is 74.9 Å². The first-order chi connectivity index (χ1) is 20.4. The third-order valence-electron chi connectivity index (χ3n) is 7.63. The smallest absolute Gasteiger partial charge is 0.180 e. The van der Waals surface area contributed by atoms with Crippen molar-refractivity contribution in [3.05, 3.63) is 66.5 Å². The summed E-state index contributed by atoms with van der Waals surface area (Å²) in [6.07, 6.45) is 5.91. The highest BCUT2D eigenvalue weighted by Crippen LogP contribution is 2.43. The van der Waals surface area contributed by atoms with E-state index in [0.29, 0.717) is 50.0 Å². The minimum Gasteiger partial charge on any atom is -0.452 e. The quantitative estimate of drug-likeness (QED) is 0.240. The maximum atomic E-state index is 8.40. The molecule has 0 spiro atoms. The number of hydrogen-bond acceptors (Lipinski definition) is 3. The predicted molar refractivity (Wildman–Crippen MR) is 150 cm³/mol. The lowest BCUT2D eigenvalue weighted by Crippen LogP contribution is -2.38. The zero-order chi connectivity index (χ0) is 31.9. The molecular weight excluding hydrogens is 444 g/mol. The molecule has 0 radical (unpaired) electrons. The molecule has 35 heavy (non-hydrogen) atoms. The Balaban J connectivity index is 1.59. The van der Waals surface area contributed by atoms with Crippen molar-refractivity contribution in [1.82, 2.24) is 9.97 Å². The van der Waals surface area contributed by atoms with Gasteiger partial charge in [0.15, 0.2) is 5.58 Å². The molecule has 0 bridgehead atoms. The molecule has 0 atom stereocenters. The van der Waals surface area contributed by atoms with Gasteiger partial charge in [0.1, 0.15) is 23.1 Å². The Kier molecular flexibility index (Phi) is 3.33. The van der Waals surface area contributed by atoms with Crippen molar-refractivity contribution < 1.29 is 16.8 Å². The Morgan fingerprint density at radius 3 is 2.54 bits per heavy atom. The predicted octanol–water partition coefficient (Wildman–Crippen LogP) is 8.43. The molecule has 0 unspecified atom stereocenters. The first-order valence-electron chi connectivity index (χ1n) is 16.7. The molecule has 1 aliphatic rings. The van der Waals surface area contributed by atoms with E-state index in [0.717, 1.165) is 31.1 Å². The van der Waals surface area contributed by atoms with Crippen molar-refractivity contribution in [2.45, 2.75) is 64.9 Å². The van der Waals surface area contributed by atoms with Crippen molar-refractivity contribution in [2.24, 2.45) is 5.41 Å². The fourth-order valence-electron chi connectivity index (χ4n) is 5.54. The summed E-state index contributed by atoms with van der Waals surface area (Å²) in [5.41, 5.74) is 3.86. The van der Waals surface area contributed by atoms with Gasteiger partial charge < -0.3 is 4.42 Å². The second-order valence-corrected chi connectivity index (χ2v) is 12.7. The van der Waals surface area contributed by atoms with Gasteiger partial charge in [-0.25, -0.2) is 9.97 Å². The maximum absolute atomic E-state index is 8.40. The monoisotopic (exact) mass is 487 g/mol. The third-order valence-corrected chi connectivity index (χ3v) is 8.85. The first-order valence-corrected chi connectivity index (χ1v) is 14.2. The zero-order valence-electron chi connectivity index (χ0n) is 29.0. The molecule has 2 aromatic heterocycles. The largest absolute Gasteiger partial charge is 0.452 e. The summed E-state index contributed by atoms with van der Waals surface area (Å²) in [6, 6.07) is 16.1. The fraction of sp³-hybridized carbons (Fsp3) is 0.355. The van der Waals surface area contributed by atoms with Crippen LogP contribution in [0.25, 0.3) is 44.1 Å². The van der Waals surface area contributed by atoms with Crippen molar-refractivity contribution in [3.8, 4) is 11.3 Å². The second-order valence-electron chi connectivity index (χ2n) is 10.7. The minimum absolute atomic E-state index is 0.170. The van der Waals surface area contributed by atoms with E-state index in [1.54, 1.807) is 30.3 Å². The molecule has 5 aromatic rings. The van der Waals surface area contributed by atoms with Crippen LogP contribution >= 0.6 is 0 Å². The van der Waals surface area contributed by atoms with Crippen LogP contribution in [0.2, 0.25) is 19.4 Å². The summed E-state index contributed by atoms with van der Waals surface area (Å²) in [4.78, 5) is 9.01. The van der Waals surface area contributed by atoms with E-state index in [2.05, 4.69) is 35.9 Å². The summed E-state index contributed by atoms with van der Waals surface area (Å²) < 4.78 is 82.0. The number of furan rings is 1. The van der Waals surface area contributed by atoms with E-state index in [9.17, 15) is 0 Å². The Hall–Kier alpha value is -2.98. The van der Waals surface area contributed by atoms with E-state index in [-0.39, 0.29) is 5.19 Å². The summed E-state index contributed by atoms with van der Waals surface area (Å²) in [5, 5.41) is 1.44. The lowest BCUT2D eigenvalue weighted by Gasteiger charge is -2.34. The maximum Gasteiger partial charge on any atom is 0.180 e. The molecule has 0 aliphatic heterocycles. The Morgan fingerprint density at radius 2 is 1.74 bits per heavy atom. The van der Waals surface area contributed by atoms with Crippen LogP contribution in [0.3, 0.4) is 0 Å². The van der Waals surface area contributed by atoms with Gasteiger partial charge in [0, 0.05) is 23.3 Å².